The molecule has 0 bridgehead atoms. The minimum Gasteiger partial charge on any atom is -0.381 e. The van der Waals surface area contributed by atoms with Gasteiger partial charge in [-0.15, -0.1) is 12.4 Å². The largest absolute Gasteiger partial charge is 0.381 e. The van der Waals surface area contributed by atoms with Gasteiger partial charge < -0.3 is 19.9 Å². The smallest absolute Gasteiger partial charge is 0.223 e. The highest BCUT2D eigenvalue weighted by Gasteiger charge is 2.21. The first kappa shape index (κ1) is 16.7. The number of piperazine rings is 1. The van der Waals surface area contributed by atoms with Crippen molar-refractivity contribution in [2.45, 2.75) is 25.4 Å². The van der Waals surface area contributed by atoms with Crippen LogP contribution < -0.4 is 5.32 Å². The van der Waals surface area contributed by atoms with Crippen molar-refractivity contribution in [3.05, 3.63) is 0 Å². The summed E-state index contributed by atoms with van der Waals surface area (Å²) in [5, 5.41) is 3.27. The van der Waals surface area contributed by atoms with E-state index in [1.165, 1.54) is 0 Å². The van der Waals surface area contributed by atoms with Crippen LogP contribution in [0.4, 0.5) is 0 Å². The molecular weight excluding hydrogens is 266 g/mol. The first-order valence-electron chi connectivity index (χ1n) is 7.03. The van der Waals surface area contributed by atoms with Gasteiger partial charge in [0.15, 0.2) is 0 Å². The third-order valence-electron chi connectivity index (χ3n) is 3.98. The fourth-order valence-corrected chi connectivity index (χ4v) is 2.69. The van der Waals surface area contributed by atoms with Crippen LogP contribution in [0.1, 0.15) is 19.3 Å². The molecule has 0 unspecified atom stereocenters. The van der Waals surface area contributed by atoms with Crippen molar-refractivity contribution in [2.75, 3.05) is 52.9 Å². The Kier molecular flexibility index (Phi) is 7.68. The number of rotatable bonds is 4. The molecule has 2 heterocycles. The molecule has 1 N–H and O–H groups in total. The molecule has 0 aromatic carbocycles. The van der Waals surface area contributed by atoms with Gasteiger partial charge in [0.25, 0.3) is 0 Å². The number of likely N-dealkylation sites (tertiary alicyclic amines) is 1. The number of nitrogens with one attached hydrogen (secondary N) is 1. The highest BCUT2D eigenvalue weighted by molar-refractivity contribution is 5.85. The van der Waals surface area contributed by atoms with Crippen LogP contribution in [0.25, 0.3) is 0 Å². The van der Waals surface area contributed by atoms with Crippen LogP contribution in [-0.2, 0) is 9.53 Å². The van der Waals surface area contributed by atoms with Crippen molar-refractivity contribution >= 4 is 18.3 Å². The third kappa shape index (κ3) is 5.26. The highest BCUT2D eigenvalue weighted by atomic mass is 35.5. The van der Waals surface area contributed by atoms with E-state index in [1.807, 2.05) is 4.90 Å². The van der Waals surface area contributed by atoms with E-state index in [-0.39, 0.29) is 12.4 Å². The lowest BCUT2D eigenvalue weighted by Crippen LogP contribution is -2.47. The predicted octanol–water partition coefficient (Wildman–Crippen LogP) is 0.341. The van der Waals surface area contributed by atoms with Crippen LogP contribution in [-0.4, -0.2) is 74.7 Å². The zero-order valence-corrected chi connectivity index (χ0v) is 12.6. The molecule has 2 saturated heterocycles. The molecule has 2 fully saturated rings. The van der Waals surface area contributed by atoms with Gasteiger partial charge >= 0.3 is 0 Å². The first-order valence-corrected chi connectivity index (χ1v) is 7.03. The molecule has 0 saturated carbocycles. The van der Waals surface area contributed by atoms with Crippen molar-refractivity contribution < 1.29 is 9.53 Å². The Morgan fingerprint density at radius 1 is 1.21 bits per heavy atom. The van der Waals surface area contributed by atoms with Crippen molar-refractivity contribution in [3.63, 3.8) is 0 Å². The maximum absolute atomic E-state index is 12.0. The molecule has 19 heavy (non-hydrogen) atoms. The van der Waals surface area contributed by atoms with Crippen molar-refractivity contribution in [1.29, 1.82) is 0 Å². The van der Waals surface area contributed by atoms with Crippen LogP contribution in [0.2, 0.25) is 0 Å². The maximum Gasteiger partial charge on any atom is 0.223 e. The average Bonchev–Trinajstić information content (AvgIpc) is 2.46. The monoisotopic (exact) mass is 291 g/mol. The second-order valence-electron chi connectivity index (χ2n) is 5.16. The number of hydrogen-bond donors (Lipinski definition) is 1. The lowest BCUT2D eigenvalue weighted by Gasteiger charge is -2.32. The summed E-state index contributed by atoms with van der Waals surface area (Å²) >= 11 is 0. The number of amides is 1. The van der Waals surface area contributed by atoms with Gasteiger partial charge in [-0.2, -0.15) is 0 Å². The Morgan fingerprint density at radius 2 is 1.84 bits per heavy atom. The summed E-state index contributed by atoms with van der Waals surface area (Å²) in [6, 6.07) is 0. The molecule has 112 valence electrons. The van der Waals surface area contributed by atoms with E-state index >= 15 is 0 Å². The Bertz CT molecular complexity index is 265. The average molecular weight is 292 g/mol. The van der Waals surface area contributed by atoms with Gasteiger partial charge in [0.2, 0.25) is 5.91 Å². The van der Waals surface area contributed by atoms with E-state index in [4.69, 9.17) is 4.74 Å². The lowest BCUT2D eigenvalue weighted by molar-refractivity contribution is -0.132. The minimum atomic E-state index is 0. The predicted molar refractivity (Wildman–Crippen MR) is 77.8 cm³/mol. The molecular formula is C13H26ClN3O2. The van der Waals surface area contributed by atoms with Crippen molar-refractivity contribution in [3.8, 4) is 0 Å². The summed E-state index contributed by atoms with van der Waals surface area (Å²) in [6.45, 7) is 6.63. The van der Waals surface area contributed by atoms with Gasteiger partial charge in [-0.1, -0.05) is 0 Å². The highest BCUT2D eigenvalue weighted by Crippen LogP contribution is 2.13. The Labute approximate surface area is 122 Å². The molecule has 2 rings (SSSR count). The summed E-state index contributed by atoms with van der Waals surface area (Å²) in [5.74, 6) is 0.311. The fraction of sp³-hybridized carbons (Fsp3) is 0.923. The van der Waals surface area contributed by atoms with Crippen LogP contribution in [0.5, 0.6) is 0 Å². The van der Waals surface area contributed by atoms with Gasteiger partial charge in [0.1, 0.15) is 0 Å². The molecule has 5 nitrogen and oxygen atoms in total. The van der Waals surface area contributed by atoms with E-state index in [2.05, 4.69) is 10.2 Å². The zero-order chi connectivity index (χ0) is 12.8. The van der Waals surface area contributed by atoms with Gasteiger partial charge in [-0.25, -0.2) is 0 Å². The fourth-order valence-electron chi connectivity index (χ4n) is 2.69. The maximum atomic E-state index is 12.0. The minimum absolute atomic E-state index is 0. The standard InChI is InChI=1S/C13H25N3O2.ClH/c1-18-12-2-7-15(8-3-12)9-4-13(17)16-10-5-14-6-11-16;/h12,14H,2-11H2,1H3;1H. The molecule has 0 aliphatic carbocycles. The molecule has 6 heteroatoms. The number of methoxy groups -OCH3 is 1. The van der Waals surface area contributed by atoms with E-state index in [1.54, 1.807) is 7.11 Å². The number of carbonyl (C=O) groups excluding carboxylic acids is 1. The normalized spacial score (nSPS) is 22.1. The summed E-state index contributed by atoms with van der Waals surface area (Å²) < 4.78 is 5.35. The van der Waals surface area contributed by atoms with Crippen molar-refractivity contribution in [1.82, 2.24) is 15.1 Å². The molecule has 0 spiro atoms. The summed E-state index contributed by atoms with van der Waals surface area (Å²) in [4.78, 5) is 16.4. The number of nitrogens with zero attached hydrogens (tertiary/aromatic N) is 2. The second-order valence-corrected chi connectivity index (χ2v) is 5.16. The number of ether oxygens (including phenoxy) is 1. The van der Waals surface area contributed by atoms with E-state index in [0.717, 1.165) is 58.7 Å². The third-order valence-corrected chi connectivity index (χ3v) is 3.98. The van der Waals surface area contributed by atoms with Gasteiger partial charge in [-0.05, 0) is 12.8 Å². The summed E-state index contributed by atoms with van der Waals surface area (Å²) in [5.41, 5.74) is 0. The number of hydrogen-bond acceptors (Lipinski definition) is 4. The molecule has 0 aromatic heterocycles. The van der Waals surface area contributed by atoms with Crippen LogP contribution in [0.3, 0.4) is 0 Å². The second kappa shape index (κ2) is 8.74. The summed E-state index contributed by atoms with van der Waals surface area (Å²) in [7, 11) is 1.79. The van der Waals surface area contributed by atoms with Gasteiger partial charge in [-0.3, -0.25) is 4.79 Å². The van der Waals surface area contributed by atoms with Crippen molar-refractivity contribution in [2.24, 2.45) is 0 Å². The molecule has 1 amide bonds. The molecule has 2 aliphatic rings. The SMILES string of the molecule is COC1CCN(CCC(=O)N2CCNCC2)CC1.Cl. The van der Waals surface area contributed by atoms with E-state index in [0.29, 0.717) is 18.4 Å². The van der Waals surface area contributed by atoms with Crippen LogP contribution >= 0.6 is 12.4 Å². The molecule has 0 atom stereocenters. The van der Waals surface area contributed by atoms with Crippen LogP contribution in [0, 0.1) is 0 Å². The topological polar surface area (TPSA) is 44.8 Å². The van der Waals surface area contributed by atoms with Gasteiger partial charge in [0.05, 0.1) is 6.10 Å². The number of piperidine rings is 1. The van der Waals surface area contributed by atoms with Crippen LogP contribution in [0.15, 0.2) is 0 Å². The molecule has 0 aromatic rings. The first-order chi connectivity index (χ1) is 8.79. The Morgan fingerprint density at radius 3 is 2.42 bits per heavy atom. The van der Waals surface area contributed by atoms with Gasteiger partial charge in [0, 0.05) is 59.3 Å². The Hall–Kier alpha value is -0.360. The zero-order valence-electron chi connectivity index (χ0n) is 11.8. The lowest BCUT2D eigenvalue weighted by atomic mass is 10.1. The number of carbonyl (C=O) groups is 1. The summed E-state index contributed by atoms with van der Waals surface area (Å²) in [6.07, 6.45) is 3.28. The molecule has 0 radical (unpaired) electrons. The Balaban J connectivity index is 0.00000180. The molecule has 2 aliphatic heterocycles. The van der Waals surface area contributed by atoms with E-state index < -0.39 is 0 Å². The number of halogens is 1. The van der Waals surface area contributed by atoms with E-state index in [9.17, 15) is 4.79 Å². The quantitative estimate of drug-likeness (QED) is 0.811.